The molecule has 0 spiro atoms. The van der Waals surface area contributed by atoms with Crippen molar-refractivity contribution >= 4 is 0 Å². The molecule has 0 radical (unpaired) electrons. The summed E-state index contributed by atoms with van der Waals surface area (Å²) in [7, 11) is 0. The van der Waals surface area contributed by atoms with Crippen molar-refractivity contribution in [1.82, 2.24) is 0 Å². The van der Waals surface area contributed by atoms with E-state index in [4.69, 9.17) is 10.5 Å². The highest BCUT2D eigenvalue weighted by atomic mass is 16.5. The Balaban J connectivity index is 1.98. The monoisotopic (exact) mass is 191 g/mol. The zero-order valence-electron chi connectivity index (χ0n) is 8.57. The number of rotatable bonds is 3. The molecule has 76 valence electrons. The molecule has 0 heterocycles. The molecule has 0 saturated heterocycles. The Kier molecular flexibility index (Phi) is 2.73. The van der Waals surface area contributed by atoms with Crippen molar-refractivity contribution in [3.05, 3.63) is 29.8 Å². The van der Waals surface area contributed by atoms with E-state index in [0.717, 1.165) is 11.3 Å². The minimum atomic E-state index is 0.104. The summed E-state index contributed by atoms with van der Waals surface area (Å²) >= 11 is 0. The molecule has 1 aromatic rings. The van der Waals surface area contributed by atoms with Gasteiger partial charge in [0.25, 0.3) is 0 Å². The van der Waals surface area contributed by atoms with E-state index in [1.807, 2.05) is 31.2 Å². The number of ether oxygens (including phenoxy) is 1. The van der Waals surface area contributed by atoms with Gasteiger partial charge < -0.3 is 10.5 Å². The summed E-state index contributed by atoms with van der Waals surface area (Å²) in [4.78, 5) is 0. The second-order valence-corrected chi connectivity index (χ2v) is 4.03. The second kappa shape index (κ2) is 4.01. The molecular weight excluding hydrogens is 174 g/mol. The van der Waals surface area contributed by atoms with E-state index in [9.17, 15) is 0 Å². The van der Waals surface area contributed by atoms with Crippen LogP contribution in [0.25, 0.3) is 0 Å². The molecule has 1 atom stereocenters. The lowest BCUT2D eigenvalue weighted by Gasteiger charge is -2.26. The smallest absolute Gasteiger partial charge is 0.119 e. The Morgan fingerprint density at radius 3 is 2.36 bits per heavy atom. The normalized spacial score (nSPS) is 18.7. The van der Waals surface area contributed by atoms with Crippen molar-refractivity contribution in [2.45, 2.75) is 38.3 Å². The fraction of sp³-hybridized carbons (Fsp3) is 0.500. The van der Waals surface area contributed by atoms with Crippen molar-refractivity contribution < 1.29 is 4.74 Å². The van der Waals surface area contributed by atoms with Crippen molar-refractivity contribution in [3.8, 4) is 5.75 Å². The SMILES string of the molecule is C[C@@H](N)c1ccc(OC2CCC2)cc1. The van der Waals surface area contributed by atoms with Gasteiger partial charge in [0.05, 0.1) is 6.10 Å². The van der Waals surface area contributed by atoms with Crippen LogP contribution in [0.3, 0.4) is 0 Å². The van der Waals surface area contributed by atoms with Gasteiger partial charge in [0.15, 0.2) is 0 Å². The van der Waals surface area contributed by atoms with Crippen molar-refractivity contribution in [1.29, 1.82) is 0 Å². The van der Waals surface area contributed by atoms with Crippen LogP contribution in [0.15, 0.2) is 24.3 Å². The van der Waals surface area contributed by atoms with Crippen molar-refractivity contribution in [2.24, 2.45) is 5.73 Å². The van der Waals surface area contributed by atoms with Gasteiger partial charge in [-0.2, -0.15) is 0 Å². The second-order valence-electron chi connectivity index (χ2n) is 4.03. The summed E-state index contributed by atoms with van der Waals surface area (Å²) in [6.07, 6.45) is 4.17. The largest absolute Gasteiger partial charge is 0.490 e. The third-order valence-electron chi connectivity index (χ3n) is 2.76. The maximum absolute atomic E-state index is 5.76. The van der Waals surface area contributed by atoms with Crippen LogP contribution in [0.1, 0.15) is 37.8 Å². The summed E-state index contributed by atoms with van der Waals surface area (Å²) in [5, 5.41) is 0. The van der Waals surface area contributed by atoms with E-state index in [1.165, 1.54) is 19.3 Å². The fourth-order valence-electron chi connectivity index (χ4n) is 1.53. The van der Waals surface area contributed by atoms with Crippen LogP contribution >= 0.6 is 0 Å². The maximum Gasteiger partial charge on any atom is 0.119 e. The van der Waals surface area contributed by atoms with Gasteiger partial charge in [-0.25, -0.2) is 0 Å². The summed E-state index contributed by atoms with van der Waals surface area (Å²) in [6, 6.07) is 8.21. The molecule has 0 bridgehead atoms. The van der Waals surface area contributed by atoms with Gasteiger partial charge in [-0.1, -0.05) is 12.1 Å². The number of hydrogen-bond acceptors (Lipinski definition) is 2. The molecule has 0 aromatic heterocycles. The van der Waals surface area contributed by atoms with Gasteiger partial charge in [-0.15, -0.1) is 0 Å². The minimum Gasteiger partial charge on any atom is -0.490 e. The first-order valence-corrected chi connectivity index (χ1v) is 5.28. The van der Waals surface area contributed by atoms with Crippen LogP contribution in [0.2, 0.25) is 0 Å². The standard InChI is InChI=1S/C12H17NO/c1-9(13)10-5-7-12(8-6-10)14-11-3-2-4-11/h5-9,11H,2-4,13H2,1H3/t9-/m1/s1. The van der Waals surface area contributed by atoms with Gasteiger partial charge in [0, 0.05) is 6.04 Å². The Labute approximate surface area is 85.1 Å². The molecule has 1 aliphatic carbocycles. The van der Waals surface area contributed by atoms with Crippen LogP contribution in [0.4, 0.5) is 0 Å². The highest BCUT2D eigenvalue weighted by Crippen LogP contribution is 2.25. The number of hydrogen-bond donors (Lipinski definition) is 1. The Morgan fingerprint density at radius 2 is 1.93 bits per heavy atom. The first-order valence-electron chi connectivity index (χ1n) is 5.28. The predicted molar refractivity (Wildman–Crippen MR) is 57.3 cm³/mol. The van der Waals surface area contributed by atoms with Crippen molar-refractivity contribution in [3.63, 3.8) is 0 Å². The summed E-state index contributed by atoms with van der Waals surface area (Å²) in [5.74, 6) is 0.971. The lowest BCUT2D eigenvalue weighted by Crippen LogP contribution is -2.24. The van der Waals surface area contributed by atoms with Crippen LogP contribution in [-0.4, -0.2) is 6.10 Å². The van der Waals surface area contributed by atoms with Gasteiger partial charge in [-0.05, 0) is 43.9 Å². The number of nitrogens with two attached hydrogens (primary N) is 1. The maximum atomic E-state index is 5.76. The molecule has 1 aliphatic rings. The van der Waals surface area contributed by atoms with E-state index in [0.29, 0.717) is 6.10 Å². The highest BCUT2D eigenvalue weighted by Gasteiger charge is 2.18. The predicted octanol–water partition coefficient (Wildman–Crippen LogP) is 2.64. The van der Waals surface area contributed by atoms with Crippen LogP contribution in [0.5, 0.6) is 5.75 Å². The van der Waals surface area contributed by atoms with Crippen LogP contribution in [-0.2, 0) is 0 Å². The third-order valence-corrected chi connectivity index (χ3v) is 2.76. The van der Waals surface area contributed by atoms with Crippen LogP contribution in [0, 0.1) is 0 Å². The molecule has 0 unspecified atom stereocenters. The quantitative estimate of drug-likeness (QED) is 0.797. The Bertz CT molecular complexity index is 288. The zero-order chi connectivity index (χ0) is 9.97. The molecule has 14 heavy (non-hydrogen) atoms. The summed E-state index contributed by atoms with van der Waals surface area (Å²) in [6.45, 7) is 1.99. The van der Waals surface area contributed by atoms with E-state index < -0.39 is 0 Å². The van der Waals surface area contributed by atoms with E-state index in [1.54, 1.807) is 0 Å². The molecular formula is C12H17NO. The highest BCUT2D eigenvalue weighted by molar-refractivity contribution is 5.29. The minimum absolute atomic E-state index is 0.104. The van der Waals surface area contributed by atoms with E-state index >= 15 is 0 Å². The third kappa shape index (κ3) is 2.07. The van der Waals surface area contributed by atoms with Gasteiger partial charge in [-0.3, -0.25) is 0 Å². The van der Waals surface area contributed by atoms with Crippen LogP contribution < -0.4 is 10.5 Å². The Hall–Kier alpha value is -1.02. The average Bonchev–Trinajstić information content (AvgIpc) is 2.12. The first-order chi connectivity index (χ1) is 6.75. The fourth-order valence-corrected chi connectivity index (χ4v) is 1.53. The summed E-state index contributed by atoms with van der Waals surface area (Å²) in [5.41, 5.74) is 6.92. The van der Waals surface area contributed by atoms with Gasteiger partial charge in [0.2, 0.25) is 0 Å². The Morgan fingerprint density at radius 1 is 1.29 bits per heavy atom. The molecule has 2 N–H and O–H groups in total. The van der Waals surface area contributed by atoms with E-state index in [2.05, 4.69) is 0 Å². The average molecular weight is 191 g/mol. The first kappa shape index (κ1) is 9.53. The number of benzene rings is 1. The molecule has 2 rings (SSSR count). The van der Waals surface area contributed by atoms with Gasteiger partial charge >= 0.3 is 0 Å². The lowest BCUT2D eigenvalue weighted by molar-refractivity contribution is 0.120. The molecule has 0 aliphatic heterocycles. The zero-order valence-corrected chi connectivity index (χ0v) is 8.57. The molecule has 2 heteroatoms. The lowest BCUT2D eigenvalue weighted by atomic mass is 9.96. The molecule has 1 fully saturated rings. The van der Waals surface area contributed by atoms with Gasteiger partial charge in [0.1, 0.15) is 5.75 Å². The summed E-state index contributed by atoms with van der Waals surface area (Å²) < 4.78 is 5.74. The molecule has 1 saturated carbocycles. The molecule has 2 nitrogen and oxygen atoms in total. The molecule has 1 aromatic carbocycles. The topological polar surface area (TPSA) is 35.2 Å². The molecule has 0 amide bonds. The van der Waals surface area contributed by atoms with E-state index in [-0.39, 0.29) is 6.04 Å². The van der Waals surface area contributed by atoms with Crippen molar-refractivity contribution in [2.75, 3.05) is 0 Å².